The lowest BCUT2D eigenvalue weighted by Gasteiger charge is -2.28. The van der Waals surface area contributed by atoms with Crippen LogP contribution in [-0.4, -0.2) is 72.5 Å². The summed E-state index contributed by atoms with van der Waals surface area (Å²) in [7, 11) is 0. The van der Waals surface area contributed by atoms with Gasteiger partial charge in [-0.25, -0.2) is 10.4 Å². The van der Waals surface area contributed by atoms with Crippen LogP contribution in [0.2, 0.25) is 0 Å². The third-order valence-electron chi connectivity index (χ3n) is 5.28. The van der Waals surface area contributed by atoms with Crippen molar-refractivity contribution in [3.05, 3.63) is 40.4 Å². The topological polar surface area (TPSA) is 117 Å². The molecule has 0 spiro atoms. The second-order valence-electron chi connectivity index (χ2n) is 7.75. The average molecular weight is 453 g/mol. The summed E-state index contributed by atoms with van der Waals surface area (Å²) in [5, 5.41) is 10.8. The molecule has 2 aromatic heterocycles. The molecule has 1 amide bonds. The first-order chi connectivity index (χ1) is 15.7. The minimum absolute atomic E-state index is 0.146. The molecule has 3 N–H and O–H groups in total. The number of thiazole rings is 1. The van der Waals surface area contributed by atoms with Gasteiger partial charge in [0.2, 0.25) is 5.95 Å². The molecule has 0 bridgehead atoms. The molecule has 0 atom stereocenters. The second kappa shape index (κ2) is 9.15. The number of ether oxygens (including phenoxy) is 1. The maximum absolute atomic E-state index is 12.6. The van der Waals surface area contributed by atoms with E-state index in [-0.39, 0.29) is 11.9 Å². The van der Waals surface area contributed by atoms with Gasteiger partial charge in [0, 0.05) is 26.2 Å². The fraction of sp³-hybridized carbons (Fsp3) is 0.381. The molecule has 11 heteroatoms. The molecule has 10 nitrogen and oxygen atoms in total. The average Bonchev–Trinajstić information content (AvgIpc) is 3.21. The van der Waals surface area contributed by atoms with E-state index in [4.69, 9.17) is 9.72 Å². The monoisotopic (exact) mass is 452 g/mol. The number of amides is 1. The van der Waals surface area contributed by atoms with E-state index >= 15 is 0 Å². The quantitative estimate of drug-likeness (QED) is 0.379. The molecule has 2 aliphatic heterocycles. The Morgan fingerprint density at radius 2 is 2.12 bits per heavy atom. The molecule has 166 valence electrons. The van der Waals surface area contributed by atoms with E-state index in [9.17, 15) is 4.79 Å². The number of fused-ring (bicyclic) bond motifs is 1. The number of hydrogen-bond acceptors (Lipinski definition) is 10. The van der Waals surface area contributed by atoms with Crippen LogP contribution in [0.1, 0.15) is 20.9 Å². The summed E-state index contributed by atoms with van der Waals surface area (Å²) in [5.41, 5.74) is 5.54. The zero-order chi connectivity index (χ0) is 21.9. The van der Waals surface area contributed by atoms with E-state index in [1.165, 1.54) is 11.3 Å². The van der Waals surface area contributed by atoms with Crippen LogP contribution in [0.3, 0.4) is 0 Å². The van der Waals surface area contributed by atoms with Gasteiger partial charge < -0.3 is 20.3 Å². The summed E-state index contributed by atoms with van der Waals surface area (Å²) in [6, 6.07) is 8.18. The smallest absolute Gasteiger partial charge is 0.280 e. The van der Waals surface area contributed by atoms with Crippen molar-refractivity contribution in [2.24, 2.45) is 5.10 Å². The highest BCUT2D eigenvalue weighted by atomic mass is 32.1. The van der Waals surface area contributed by atoms with Crippen LogP contribution >= 0.6 is 11.3 Å². The number of aromatic nitrogens is 3. The lowest BCUT2D eigenvalue weighted by Crippen LogP contribution is -2.56. The number of aryl methyl sites for hydroxylation is 1. The van der Waals surface area contributed by atoms with Gasteiger partial charge in [0.15, 0.2) is 16.5 Å². The maximum Gasteiger partial charge on any atom is 0.280 e. The fourth-order valence-electron chi connectivity index (χ4n) is 3.50. The van der Waals surface area contributed by atoms with E-state index in [2.05, 4.69) is 36.0 Å². The van der Waals surface area contributed by atoms with Gasteiger partial charge >= 0.3 is 0 Å². The van der Waals surface area contributed by atoms with Crippen LogP contribution in [0.15, 0.2) is 29.4 Å². The standard InChI is InChI=1S/C21H24N8O2S/c1-13-3-2-4-14(9-13)10-23-28-21-26-17-16(18(27-21)29-5-7-31-8-6-29)32-20(25-17)19(30)24-15-11-22-12-15/h2-4,9-10,15,22H,5-8,11-12H2,1H3,(H,24,30)(H,26,27,28)/b23-10+. The van der Waals surface area contributed by atoms with Crippen molar-refractivity contribution in [2.75, 3.05) is 49.7 Å². The summed E-state index contributed by atoms with van der Waals surface area (Å²) in [5.74, 6) is 0.899. The summed E-state index contributed by atoms with van der Waals surface area (Å²) < 4.78 is 6.28. The predicted molar refractivity (Wildman–Crippen MR) is 125 cm³/mol. The highest BCUT2D eigenvalue weighted by Gasteiger charge is 2.25. The summed E-state index contributed by atoms with van der Waals surface area (Å²) in [6.45, 7) is 6.27. The Balaban J connectivity index is 1.43. The highest BCUT2D eigenvalue weighted by Crippen LogP contribution is 2.31. The van der Waals surface area contributed by atoms with Crippen LogP contribution in [0.5, 0.6) is 0 Å². The maximum atomic E-state index is 12.6. The van der Waals surface area contributed by atoms with Crippen LogP contribution in [0.25, 0.3) is 10.3 Å². The van der Waals surface area contributed by atoms with Crippen molar-refractivity contribution in [3.8, 4) is 0 Å². The Morgan fingerprint density at radius 1 is 1.28 bits per heavy atom. The largest absolute Gasteiger partial charge is 0.378 e. The van der Waals surface area contributed by atoms with Crippen LogP contribution in [-0.2, 0) is 4.74 Å². The molecule has 0 unspecified atom stereocenters. The number of carbonyl (C=O) groups excluding carboxylic acids is 1. The van der Waals surface area contributed by atoms with Gasteiger partial charge in [0.1, 0.15) is 4.70 Å². The minimum Gasteiger partial charge on any atom is -0.378 e. The second-order valence-corrected chi connectivity index (χ2v) is 8.75. The van der Waals surface area contributed by atoms with Crippen molar-refractivity contribution < 1.29 is 9.53 Å². The summed E-state index contributed by atoms with van der Waals surface area (Å²) in [6.07, 6.45) is 1.72. The first-order valence-electron chi connectivity index (χ1n) is 10.5. The predicted octanol–water partition coefficient (Wildman–Crippen LogP) is 1.38. The normalized spacial score (nSPS) is 17.0. The zero-order valence-corrected chi connectivity index (χ0v) is 18.5. The van der Waals surface area contributed by atoms with Crippen molar-refractivity contribution in [1.82, 2.24) is 25.6 Å². The lowest BCUT2D eigenvalue weighted by molar-refractivity contribution is 0.0923. The molecular weight excluding hydrogens is 428 g/mol. The van der Waals surface area contributed by atoms with E-state index < -0.39 is 0 Å². The molecule has 0 radical (unpaired) electrons. The highest BCUT2D eigenvalue weighted by molar-refractivity contribution is 7.20. The fourth-order valence-corrected chi connectivity index (χ4v) is 4.43. The number of anilines is 2. The summed E-state index contributed by atoms with van der Waals surface area (Å²) in [4.78, 5) is 28.5. The molecule has 5 rings (SSSR count). The molecule has 0 aliphatic carbocycles. The number of benzene rings is 1. The third-order valence-corrected chi connectivity index (χ3v) is 6.32. The Kier molecular flexibility index (Phi) is 5.93. The van der Waals surface area contributed by atoms with E-state index in [1.54, 1.807) is 6.21 Å². The van der Waals surface area contributed by atoms with E-state index in [0.717, 1.165) is 34.7 Å². The molecule has 32 heavy (non-hydrogen) atoms. The zero-order valence-electron chi connectivity index (χ0n) is 17.7. The van der Waals surface area contributed by atoms with Crippen LogP contribution < -0.4 is 21.0 Å². The number of morpholine rings is 1. The minimum atomic E-state index is -0.181. The van der Waals surface area contributed by atoms with Gasteiger partial charge in [-0.1, -0.05) is 29.8 Å². The Bertz CT molecular complexity index is 1150. The summed E-state index contributed by atoms with van der Waals surface area (Å²) >= 11 is 1.32. The van der Waals surface area contributed by atoms with Crippen molar-refractivity contribution in [3.63, 3.8) is 0 Å². The number of hydrazone groups is 1. The number of rotatable bonds is 6. The Morgan fingerprint density at radius 3 is 2.88 bits per heavy atom. The van der Waals surface area contributed by atoms with Gasteiger partial charge in [0.25, 0.3) is 5.91 Å². The lowest BCUT2D eigenvalue weighted by atomic mass is 10.2. The van der Waals surface area contributed by atoms with Gasteiger partial charge in [-0.2, -0.15) is 15.1 Å². The number of nitrogens with one attached hydrogen (secondary N) is 3. The van der Waals surface area contributed by atoms with Gasteiger partial charge in [-0.05, 0) is 12.5 Å². The molecule has 3 aromatic rings. The third kappa shape index (κ3) is 4.54. The number of nitrogens with zero attached hydrogens (tertiary/aromatic N) is 5. The number of carbonyl (C=O) groups is 1. The van der Waals surface area contributed by atoms with Gasteiger partial charge in [-0.15, -0.1) is 11.3 Å². The first kappa shape index (κ1) is 20.7. The molecule has 1 aromatic carbocycles. The molecule has 2 fully saturated rings. The Labute approximate surface area is 189 Å². The van der Waals surface area contributed by atoms with Crippen LogP contribution in [0, 0.1) is 6.92 Å². The molecule has 0 saturated carbocycles. The SMILES string of the molecule is Cc1cccc(/C=N/Nc2nc(N3CCOCC3)c3sc(C(=O)NC4CNC4)nc3n2)c1. The number of hydrogen-bond donors (Lipinski definition) is 3. The molecule has 2 aliphatic rings. The van der Waals surface area contributed by atoms with E-state index in [1.807, 2.05) is 31.2 Å². The van der Waals surface area contributed by atoms with Crippen LogP contribution in [0.4, 0.5) is 11.8 Å². The molecule has 4 heterocycles. The van der Waals surface area contributed by atoms with Crippen molar-refractivity contribution in [2.45, 2.75) is 13.0 Å². The molecule has 2 saturated heterocycles. The van der Waals surface area contributed by atoms with E-state index in [0.29, 0.717) is 42.9 Å². The van der Waals surface area contributed by atoms with Gasteiger partial charge in [0.05, 0.1) is 25.5 Å². The van der Waals surface area contributed by atoms with Gasteiger partial charge in [-0.3, -0.25) is 4.79 Å². The Hall–Kier alpha value is -3.15. The van der Waals surface area contributed by atoms with Crippen molar-refractivity contribution in [1.29, 1.82) is 0 Å². The van der Waals surface area contributed by atoms with Crippen molar-refractivity contribution >= 4 is 45.6 Å². The molecular formula is C21H24N8O2S. The first-order valence-corrected chi connectivity index (χ1v) is 11.4.